The molecule has 0 aromatic carbocycles. The molecule has 3 atom stereocenters. The zero-order valence-electron chi connectivity index (χ0n) is 19.9. The van der Waals surface area contributed by atoms with Gasteiger partial charge in [0.1, 0.15) is 24.7 Å². The van der Waals surface area contributed by atoms with Crippen molar-refractivity contribution >= 4 is 34.5 Å². The van der Waals surface area contributed by atoms with E-state index in [0.29, 0.717) is 31.1 Å². The summed E-state index contributed by atoms with van der Waals surface area (Å²) in [6.07, 6.45) is 3.21. The largest absolute Gasteiger partial charge is 0.361 e. The third-order valence-electron chi connectivity index (χ3n) is 6.67. The van der Waals surface area contributed by atoms with Gasteiger partial charge in [-0.15, -0.1) is 0 Å². The number of carbonyl (C=O) groups is 1. The molecule has 1 saturated carbocycles. The average Bonchev–Trinajstić information content (AvgIpc) is 2.48. The minimum Gasteiger partial charge on any atom is -0.361 e. The number of nitrogens with two attached hydrogens (primary N) is 1. The Bertz CT molecular complexity index is 538. The molecule has 28 heavy (non-hydrogen) atoms. The van der Waals surface area contributed by atoms with Crippen LogP contribution in [0.2, 0.25) is 22.3 Å². The van der Waals surface area contributed by atoms with E-state index in [0.717, 1.165) is 12.8 Å². The van der Waals surface area contributed by atoms with Gasteiger partial charge in [-0.2, -0.15) is 0 Å². The number of ketones is 1. The van der Waals surface area contributed by atoms with Crippen molar-refractivity contribution in [1.82, 2.24) is 0 Å². The van der Waals surface area contributed by atoms with E-state index in [4.69, 9.17) is 25.9 Å². The number of hydrogen-bond acceptors (Lipinski definition) is 3. The summed E-state index contributed by atoms with van der Waals surface area (Å²) in [5.74, 6) is 1.08. The molecule has 3 nitrogen and oxygen atoms in total. The standard InChI is InChI=1S/C21H41B4NO2/c1-18(2,3)17(27)12-13-21(9,26)28-14-20(7,8)25(23)16-11-10-15(16)24(22)19(4,5)6/h15-16H,10-14,26H2,1-9H3. The maximum Gasteiger partial charge on any atom is 0.138 e. The maximum absolute atomic E-state index is 12.2. The summed E-state index contributed by atoms with van der Waals surface area (Å²) >= 11 is 0. The minimum absolute atomic E-state index is 0.00616. The van der Waals surface area contributed by atoms with Gasteiger partial charge in [0.05, 0.1) is 0 Å². The Kier molecular flexibility index (Phi) is 8.25. The number of Topliss-reactive ketones (excluding diaryl/α,β-unsaturated/α-hetero) is 1. The average molecular weight is 383 g/mol. The molecule has 0 saturated heterocycles. The Morgan fingerprint density at radius 1 is 0.964 bits per heavy atom. The van der Waals surface area contributed by atoms with Crippen molar-refractivity contribution in [1.29, 1.82) is 0 Å². The molecule has 1 fully saturated rings. The Morgan fingerprint density at radius 2 is 1.43 bits per heavy atom. The normalized spacial score (nSPS) is 22.9. The molecule has 3 unspecified atom stereocenters. The van der Waals surface area contributed by atoms with Crippen molar-refractivity contribution in [2.75, 3.05) is 6.61 Å². The summed E-state index contributed by atoms with van der Waals surface area (Å²) in [4.78, 5) is 12.2. The summed E-state index contributed by atoms with van der Waals surface area (Å²) in [7, 11) is 13.2. The van der Waals surface area contributed by atoms with Gasteiger partial charge >= 0.3 is 0 Å². The van der Waals surface area contributed by atoms with Crippen LogP contribution in [0.3, 0.4) is 0 Å². The topological polar surface area (TPSA) is 52.3 Å². The molecule has 0 aliphatic heterocycles. The molecule has 0 bridgehead atoms. The van der Waals surface area contributed by atoms with Crippen molar-refractivity contribution in [2.24, 2.45) is 11.1 Å². The number of ether oxygens (including phenoxy) is 1. The molecule has 1 aliphatic carbocycles. The highest BCUT2D eigenvalue weighted by atomic mass is 16.5. The van der Waals surface area contributed by atoms with Crippen LogP contribution in [-0.2, 0) is 9.53 Å². The molecule has 4 radical (unpaired) electrons. The van der Waals surface area contributed by atoms with E-state index in [1.54, 1.807) is 0 Å². The molecule has 1 rings (SSSR count). The van der Waals surface area contributed by atoms with Gasteiger partial charge in [0, 0.05) is 33.9 Å². The molecule has 0 aromatic heterocycles. The van der Waals surface area contributed by atoms with Crippen LogP contribution in [0.5, 0.6) is 0 Å². The quantitative estimate of drug-likeness (QED) is 0.471. The molecule has 0 heterocycles. The van der Waals surface area contributed by atoms with E-state index in [1.807, 2.05) is 27.7 Å². The lowest BCUT2D eigenvalue weighted by molar-refractivity contribution is -0.128. The first-order valence-electron chi connectivity index (χ1n) is 10.9. The number of rotatable bonds is 9. The molecule has 0 amide bonds. The summed E-state index contributed by atoms with van der Waals surface area (Å²) in [5.41, 5.74) is 5.16. The second-order valence-corrected chi connectivity index (χ2v) is 12.1. The smallest absolute Gasteiger partial charge is 0.138 e. The van der Waals surface area contributed by atoms with E-state index in [-0.39, 0.29) is 35.0 Å². The third kappa shape index (κ3) is 6.97. The summed E-state index contributed by atoms with van der Waals surface area (Å²) < 4.78 is 6.07. The fraction of sp³-hybridized carbons (Fsp3) is 0.952. The molecular weight excluding hydrogens is 341 g/mol. The lowest BCUT2D eigenvalue weighted by Crippen LogP contribution is -2.49. The monoisotopic (exact) mass is 383 g/mol. The Hall–Kier alpha value is -0.150. The number of hydrogen-bond donors (Lipinski definition) is 1. The Labute approximate surface area is 178 Å². The molecule has 154 valence electrons. The second-order valence-electron chi connectivity index (χ2n) is 12.1. The maximum atomic E-state index is 12.2. The van der Waals surface area contributed by atoms with Gasteiger partial charge in [0.15, 0.2) is 0 Å². The highest BCUT2D eigenvalue weighted by Crippen LogP contribution is 2.55. The lowest BCUT2D eigenvalue weighted by atomic mass is 9.05. The first-order chi connectivity index (χ1) is 12.4. The van der Waals surface area contributed by atoms with Crippen LogP contribution in [0.15, 0.2) is 0 Å². The highest BCUT2D eigenvalue weighted by molar-refractivity contribution is 7.10. The van der Waals surface area contributed by atoms with E-state index in [2.05, 4.69) is 34.6 Å². The van der Waals surface area contributed by atoms with Crippen molar-refractivity contribution in [3.63, 3.8) is 0 Å². The van der Waals surface area contributed by atoms with Crippen LogP contribution in [0.25, 0.3) is 0 Å². The summed E-state index contributed by atoms with van der Waals surface area (Å²) in [6.45, 7) is 19.2. The lowest BCUT2D eigenvalue weighted by Gasteiger charge is -2.51. The van der Waals surface area contributed by atoms with Gasteiger partial charge in [-0.1, -0.05) is 85.2 Å². The Morgan fingerprint density at radius 3 is 1.82 bits per heavy atom. The summed E-state index contributed by atoms with van der Waals surface area (Å²) in [5, 5.41) is -0.130. The van der Waals surface area contributed by atoms with Crippen molar-refractivity contribution in [3.05, 3.63) is 0 Å². The molecule has 7 heteroatoms. The minimum atomic E-state index is -0.835. The molecule has 1 aliphatic rings. The van der Waals surface area contributed by atoms with Gasteiger partial charge in [0.2, 0.25) is 0 Å². The first-order valence-corrected chi connectivity index (χ1v) is 10.9. The number of carbonyl (C=O) groups excluding carboxylic acids is 1. The first kappa shape index (κ1) is 25.9. The Balaban J connectivity index is 2.63. The van der Waals surface area contributed by atoms with Crippen molar-refractivity contribution < 1.29 is 9.53 Å². The summed E-state index contributed by atoms with van der Waals surface area (Å²) in [6, 6.07) is 0. The highest BCUT2D eigenvalue weighted by Gasteiger charge is 2.47. The molecule has 0 aromatic rings. The van der Waals surface area contributed by atoms with Crippen molar-refractivity contribution in [3.8, 4) is 0 Å². The fourth-order valence-electron chi connectivity index (χ4n) is 3.92. The third-order valence-corrected chi connectivity index (χ3v) is 6.67. The van der Waals surface area contributed by atoms with Crippen LogP contribution < -0.4 is 5.73 Å². The van der Waals surface area contributed by atoms with Gasteiger partial charge in [-0.25, -0.2) is 0 Å². The zero-order chi connectivity index (χ0) is 22.1. The molecule has 0 spiro atoms. The second kappa shape index (κ2) is 8.92. The van der Waals surface area contributed by atoms with Gasteiger partial charge in [0.25, 0.3) is 0 Å². The predicted molar refractivity (Wildman–Crippen MR) is 126 cm³/mol. The van der Waals surface area contributed by atoms with Gasteiger partial charge in [-0.05, 0) is 18.7 Å². The van der Waals surface area contributed by atoms with Crippen LogP contribution in [-0.4, -0.2) is 46.8 Å². The van der Waals surface area contributed by atoms with Crippen LogP contribution in [0.1, 0.15) is 88.0 Å². The van der Waals surface area contributed by atoms with Crippen LogP contribution in [0, 0.1) is 5.41 Å². The van der Waals surface area contributed by atoms with Crippen LogP contribution in [0.4, 0.5) is 0 Å². The van der Waals surface area contributed by atoms with E-state index in [9.17, 15) is 4.79 Å². The van der Waals surface area contributed by atoms with E-state index < -0.39 is 5.72 Å². The molecule has 2 N–H and O–H groups in total. The predicted octanol–water partition coefficient (Wildman–Crippen LogP) is 4.51. The SMILES string of the molecule is [B]B(C1CCC1B([B])C(C)(C)COC(C)(N)CCC(=O)C(C)(C)C)C(C)(C)C. The van der Waals surface area contributed by atoms with Crippen LogP contribution >= 0.6 is 0 Å². The molecular formula is C21H41B4NO2. The van der Waals surface area contributed by atoms with E-state index >= 15 is 0 Å². The van der Waals surface area contributed by atoms with Crippen molar-refractivity contribution in [2.45, 2.75) is 116 Å². The zero-order valence-corrected chi connectivity index (χ0v) is 19.9. The fourth-order valence-corrected chi connectivity index (χ4v) is 3.92. The van der Waals surface area contributed by atoms with Gasteiger partial charge < -0.3 is 10.5 Å². The van der Waals surface area contributed by atoms with E-state index in [1.165, 1.54) is 0 Å². The van der Waals surface area contributed by atoms with Gasteiger partial charge in [-0.3, -0.25) is 4.79 Å².